The highest BCUT2D eigenvalue weighted by molar-refractivity contribution is 5.98. The standard InChI is InChI=1S/C21H21NO3/c1-25-20(24)21(16-17-10-4-2-5-11-17)14-8-9-15-22(21)19(23)18-12-6-3-7-13-18/h2-13H,14-16H2,1H3. The van der Waals surface area contributed by atoms with Crippen molar-refractivity contribution >= 4 is 11.9 Å². The summed E-state index contributed by atoms with van der Waals surface area (Å²) in [6.45, 7) is 0.385. The molecule has 1 atom stereocenters. The minimum absolute atomic E-state index is 0.161. The van der Waals surface area contributed by atoms with Crippen molar-refractivity contribution in [2.24, 2.45) is 0 Å². The fourth-order valence-electron chi connectivity index (χ4n) is 3.31. The quantitative estimate of drug-likeness (QED) is 0.636. The molecule has 0 saturated carbocycles. The van der Waals surface area contributed by atoms with Crippen LogP contribution in [-0.2, 0) is 16.0 Å². The summed E-state index contributed by atoms with van der Waals surface area (Å²) in [5.74, 6) is -0.545. The molecule has 4 heteroatoms. The predicted molar refractivity (Wildman–Crippen MR) is 96.1 cm³/mol. The second kappa shape index (κ2) is 7.34. The maximum absolute atomic E-state index is 13.1. The number of rotatable bonds is 4. The van der Waals surface area contributed by atoms with Crippen molar-refractivity contribution in [1.29, 1.82) is 0 Å². The van der Waals surface area contributed by atoms with Crippen LogP contribution in [0.2, 0.25) is 0 Å². The minimum atomic E-state index is -1.03. The molecule has 0 fully saturated rings. The average Bonchev–Trinajstić information content (AvgIpc) is 2.68. The minimum Gasteiger partial charge on any atom is -0.467 e. The molecule has 1 aliphatic heterocycles. The third-order valence-corrected chi connectivity index (χ3v) is 4.60. The Labute approximate surface area is 147 Å². The molecule has 0 spiro atoms. The summed E-state index contributed by atoms with van der Waals surface area (Å²) < 4.78 is 5.11. The Morgan fingerprint density at radius 3 is 2.28 bits per heavy atom. The van der Waals surface area contributed by atoms with E-state index in [-0.39, 0.29) is 11.9 Å². The molecule has 0 radical (unpaired) electrons. The van der Waals surface area contributed by atoms with Gasteiger partial charge in [-0.3, -0.25) is 4.79 Å². The van der Waals surface area contributed by atoms with Crippen LogP contribution in [0, 0.1) is 0 Å². The zero-order chi connectivity index (χ0) is 17.7. The molecule has 1 amide bonds. The number of ether oxygens (including phenoxy) is 1. The van der Waals surface area contributed by atoms with E-state index in [4.69, 9.17) is 4.74 Å². The molecule has 0 aromatic heterocycles. The third-order valence-electron chi connectivity index (χ3n) is 4.60. The number of nitrogens with zero attached hydrogens (tertiary/aromatic N) is 1. The third kappa shape index (κ3) is 3.33. The van der Waals surface area contributed by atoms with Crippen LogP contribution in [0.25, 0.3) is 0 Å². The Balaban J connectivity index is 2.02. The van der Waals surface area contributed by atoms with E-state index in [2.05, 4.69) is 0 Å². The van der Waals surface area contributed by atoms with Gasteiger partial charge >= 0.3 is 5.97 Å². The average molecular weight is 335 g/mol. The monoisotopic (exact) mass is 335 g/mol. The first kappa shape index (κ1) is 17.0. The van der Waals surface area contributed by atoms with Gasteiger partial charge in [0, 0.05) is 18.5 Å². The summed E-state index contributed by atoms with van der Waals surface area (Å²) in [6.07, 6.45) is 4.73. The summed E-state index contributed by atoms with van der Waals surface area (Å²) in [4.78, 5) is 27.5. The van der Waals surface area contributed by atoms with Gasteiger partial charge in [-0.2, -0.15) is 0 Å². The van der Waals surface area contributed by atoms with E-state index < -0.39 is 5.54 Å². The molecule has 1 aliphatic rings. The zero-order valence-corrected chi connectivity index (χ0v) is 14.2. The maximum atomic E-state index is 13.1. The summed E-state index contributed by atoms with van der Waals surface area (Å²) in [6, 6.07) is 18.8. The number of methoxy groups -OCH3 is 1. The zero-order valence-electron chi connectivity index (χ0n) is 14.2. The highest BCUT2D eigenvalue weighted by Crippen LogP contribution is 2.31. The first-order valence-corrected chi connectivity index (χ1v) is 8.32. The van der Waals surface area contributed by atoms with Crippen molar-refractivity contribution in [2.75, 3.05) is 13.7 Å². The predicted octanol–water partition coefficient (Wildman–Crippen LogP) is 3.24. The van der Waals surface area contributed by atoms with Gasteiger partial charge in [-0.15, -0.1) is 0 Å². The first-order valence-electron chi connectivity index (χ1n) is 8.32. The lowest BCUT2D eigenvalue weighted by Crippen LogP contribution is -2.60. The molecule has 2 aromatic carbocycles. The summed E-state index contributed by atoms with van der Waals surface area (Å²) >= 11 is 0. The van der Waals surface area contributed by atoms with Crippen molar-refractivity contribution in [3.8, 4) is 0 Å². The van der Waals surface area contributed by atoms with E-state index in [1.807, 2.05) is 60.7 Å². The number of carbonyl (C=O) groups excluding carboxylic acids is 2. The number of hydrogen-bond acceptors (Lipinski definition) is 3. The number of benzene rings is 2. The lowest BCUT2D eigenvalue weighted by molar-refractivity contribution is -0.153. The molecule has 25 heavy (non-hydrogen) atoms. The Bertz CT molecular complexity index is 770. The van der Waals surface area contributed by atoms with Crippen LogP contribution in [0.1, 0.15) is 22.3 Å². The van der Waals surface area contributed by atoms with E-state index in [0.717, 1.165) is 5.56 Å². The van der Waals surface area contributed by atoms with Crippen LogP contribution in [0.15, 0.2) is 72.8 Å². The van der Waals surface area contributed by atoms with Gasteiger partial charge in [0.2, 0.25) is 0 Å². The largest absolute Gasteiger partial charge is 0.467 e. The molecule has 0 bridgehead atoms. The molecule has 2 aromatic rings. The van der Waals surface area contributed by atoms with Crippen molar-refractivity contribution in [3.63, 3.8) is 0 Å². The SMILES string of the molecule is COC(=O)C1(Cc2ccccc2)CC=CCN1C(=O)c1ccccc1. The molecular weight excluding hydrogens is 314 g/mol. The lowest BCUT2D eigenvalue weighted by atomic mass is 9.83. The molecule has 0 saturated heterocycles. The summed E-state index contributed by atoms with van der Waals surface area (Å²) in [7, 11) is 1.37. The first-order chi connectivity index (χ1) is 12.2. The fraction of sp³-hybridized carbons (Fsp3) is 0.238. The van der Waals surface area contributed by atoms with Crippen molar-refractivity contribution in [3.05, 3.63) is 83.9 Å². The Morgan fingerprint density at radius 2 is 1.64 bits per heavy atom. The van der Waals surface area contributed by atoms with Crippen molar-refractivity contribution < 1.29 is 14.3 Å². The normalized spacial score (nSPS) is 19.5. The summed E-state index contributed by atoms with van der Waals surface area (Å²) in [5, 5.41) is 0. The van der Waals surface area contributed by atoms with Gasteiger partial charge in [0.1, 0.15) is 5.54 Å². The van der Waals surface area contributed by atoms with Gasteiger partial charge in [0.05, 0.1) is 7.11 Å². The number of amides is 1. The molecule has 0 N–H and O–H groups in total. The van der Waals surface area contributed by atoms with Gasteiger partial charge in [-0.25, -0.2) is 4.79 Å². The van der Waals surface area contributed by atoms with Gasteiger partial charge in [-0.05, 0) is 24.1 Å². The number of esters is 1. The van der Waals surface area contributed by atoms with Crippen LogP contribution in [-0.4, -0.2) is 36.0 Å². The Morgan fingerprint density at radius 1 is 1.00 bits per heavy atom. The number of carbonyl (C=O) groups is 2. The van der Waals surface area contributed by atoms with Gasteiger partial charge < -0.3 is 9.64 Å². The molecule has 4 nitrogen and oxygen atoms in total. The van der Waals surface area contributed by atoms with Crippen molar-refractivity contribution in [1.82, 2.24) is 4.90 Å². The van der Waals surface area contributed by atoms with Crippen LogP contribution in [0.4, 0.5) is 0 Å². The van der Waals surface area contributed by atoms with Crippen LogP contribution >= 0.6 is 0 Å². The topological polar surface area (TPSA) is 46.6 Å². The van der Waals surface area contributed by atoms with E-state index in [1.54, 1.807) is 17.0 Å². The van der Waals surface area contributed by atoms with E-state index in [9.17, 15) is 9.59 Å². The van der Waals surface area contributed by atoms with Crippen LogP contribution < -0.4 is 0 Å². The second-order valence-electron chi connectivity index (χ2n) is 6.14. The molecular formula is C21H21NO3. The van der Waals surface area contributed by atoms with E-state index >= 15 is 0 Å². The maximum Gasteiger partial charge on any atom is 0.332 e. The molecule has 1 heterocycles. The summed E-state index contributed by atoms with van der Waals surface area (Å²) in [5.41, 5.74) is 0.533. The highest BCUT2D eigenvalue weighted by Gasteiger charge is 2.47. The van der Waals surface area contributed by atoms with Crippen LogP contribution in [0.3, 0.4) is 0 Å². The smallest absolute Gasteiger partial charge is 0.332 e. The Hall–Kier alpha value is -2.88. The molecule has 0 aliphatic carbocycles. The Kier molecular flexibility index (Phi) is 4.98. The van der Waals surface area contributed by atoms with E-state index in [0.29, 0.717) is 24.9 Å². The number of hydrogen-bond donors (Lipinski definition) is 0. The lowest BCUT2D eigenvalue weighted by Gasteiger charge is -2.43. The highest BCUT2D eigenvalue weighted by atomic mass is 16.5. The van der Waals surface area contributed by atoms with Crippen molar-refractivity contribution in [2.45, 2.75) is 18.4 Å². The van der Waals surface area contributed by atoms with Gasteiger partial charge in [0.15, 0.2) is 0 Å². The van der Waals surface area contributed by atoms with E-state index in [1.165, 1.54) is 7.11 Å². The molecule has 1 unspecified atom stereocenters. The van der Waals surface area contributed by atoms with Gasteiger partial charge in [-0.1, -0.05) is 60.7 Å². The van der Waals surface area contributed by atoms with Gasteiger partial charge in [0.25, 0.3) is 5.91 Å². The molecule has 3 rings (SSSR count). The molecule has 128 valence electrons. The second-order valence-corrected chi connectivity index (χ2v) is 6.14. The van der Waals surface area contributed by atoms with Crippen LogP contribution in [0.5, 0.6) is 0 Å². The fourth-order valence-corrected chi connectivity index (χ4v) is 3.31.